The number of hydrogen-bond donors (Lipinski definition) is 0. The van der Waals surface area contributed by atoms with Gasteiger partial charge in [0.25, 0.3) is 0 Å². The minimum absolute atomic E-state index is 0.763. The highest BCUT2D eigenvalue weighted by Crippen LogP contribution is 2.29. The van der Waals surface area contributed by atoms with Gasteiger partial charge in [0.05, 0.1) is 13.1 Å². The smallest absolute Gasteiger partial charge is 0.140 e. The van der Waals surface area contributed by atoms with Gasteiger partial charge in [0.1, 0.15) is 13.3 Å². The van der Waals surface area contributed by atoms with Crippen molar-refractivity contribution in [1.82, 2.24) is 4.90 Å². The topological polar surface area (TPSA) is 3.24 Å². The second kappa shape index (κ2) is 2.46. The third kappa shape index (κ3) is 1.18. The van der Waals surface area contributed by atoms with E-state index in [1.165, 1.54) is 43.8 Å². The van der Waals surface area contributed by atoms with Crippen molar-refractivity contribution in [2.45, 2.75) is 32.7 Å². The van der Waals surface area contributed by atoms with E-state index in [2.05, 4.69) is 18.7 Å². The third-order valence-corrected chi connectivity index (χ3v) is 3.21. The van der Waals surface area contributed by atoms with Crippen LogP contribution in [-0.2, 0) is 0 Å². The first kappa shape index (κ1) is 7.56. The Hall–Kier alpha value is -0.0800. The summed E-state index contributed by atoms with van der Waals surface area (Å²) < 4.78 is 1.41. The second-order valence-electron chi connectivity index (χ2n) is 4.46. The maximum absolute atomic E-state index is 2.57. The molecule has 1 spiro atoms. The van der Waals surface area contributed by atoms with Gasteiger partial charge in [0, 0.05) is 18.9 Å². The third-order valence-electron chi connectivity index (χ3n) is 3.21. The molecular weight excluding hydrogens is 136 g/mol. The van der Waals surface area contributed by atoms with Crippen LogP contribution in [-0.4, -0.2) is 41.9 Å². The number of hydrogen-bond acceptors (Lipinski definition) is 1. The maximum Gasteiger partial charge on any atom is 0.140 e. The molecule has 0 radical (unpaired) electrons. The van der Waals surface area contributed by atoms with Crippen LogP contribution in [0.2, 0.25) is 0 Å². The van der Waals surface area contributed by atoms with Crippen molar-refractivity contribution in [2.24, 2.45) is 0 Å². The summed E-state index contributed by atoms with van der Waals surface area (Å²) in [6.07, 6.45) is 2.93. The van der Waals surface area contributed by atoms with Gasteiger partial charge in [-0.3, -0.25) is 4.48 Å². The fourth-order valence-corrected chi connectivity index (χ4v) is 2.34. The molecule has 0 atom stereocenters. The van der Waals surface area contributed by atoms with E-state index < -0.39 is 0 Å². The molecule has 0 saturated carbocycles. The Labute approximate surface area is 69.4 Å². The summed E-state index contributed by atoms with van der Waals surface area (Å²) in [6.45, 7) is 10.2. The first-order chi connectivity index (χ1) is 5.22. The molecule has 0 aromatic rings. The van der Waals surface area contributed by atoms with Crippen LogP contribution in [0.3, 0.4) is 0 Å². The van der Waals surface area contributed by atoms with Gasteiger partial charge in [-0.25, -0.2) is 4.90 Å². The van der Waals surface area contributed by atoms with Crippen molar-refractivity contribution >= 4 is 0 Å². The predicted octanol–water partition coefficient (Wildman–Crippen LogP) is 1.24. The van der Waals surface area contributed by atoms with Crippen molar-refractivity contribution < 1.29 is 4.48 Å². The fraction of sp³-hybridized carbons (Fsp3) is 1.00. The van der Waals surface area contributed by atoms with Crippen LogP contribution in [0.1, 0.15) is 26.7 Å². The van der Waals surface area contributed by atoms with Crippen LogP contribution < -0.4 is 0 Å². The van der Waals surface area contributed by atoms with E-state index in [0.717, 1.165) is 6.04 Å². The first-order valence-electron chi connectivity index (χ1n) is 4.81. The van der Waals surface area contributed by atoms with Crippen LogP contribution in [0.25, 0.3) is 0 Å². The van der Waals surface area contributed by atoms with Crippen LogP contribution in [0, 0.1) is 0 Å². The van der Waals surface area contributed by atoms with Crippen molar-refractivity contribution in [1.29, 1.82) is 0 Å². The van der Waals surface area contributed by atoms with Crippen LogP contribution in [0.4, 0.5) is 0 Å². The summed E-state index contributed by atoms with van der Waals surface area (Å²) in [5.41, 5.74) is 0. The lowest BCUT2D eigenvalue weighted by atomic mass is 10.2. The Morgan fingerprint density at radius 1 is 1.09 bits per heavy atom. The average molecular weight is 155 g/mol. The summed E-state index contributed by atoms with van der Waals surface area (Å²) in [6, 6.07) is 0.763. The summed E-state index contributed by atoms with van der Waals surface area (Å²) in [5.74, 6) is 0. The van der Waals surface area contributed by atoms with Gasteiger partial charge in [-0.1, -0.05) is 0 Å². The minimum Gasteiger partial charge on any atom is -0.298 e. The first-order valence-corrected chi connectivity index (χ1v) is 4.81. The van der Waals surface area contributed by atoms with E-state index >= 15 is 0 Å². The molecule has 2 saturated heterocycles. The largest absolute Gasteiger partial charge is 0.298 e. The quantitative estimate of drug-likeness (QED) is 0.515. The van der Waals surface area contributed by atoms with E-state index in [9.17, 15) is 0 Å². The van der Waals surface area contributed by atoms with Gasteiger partial charge in [0.2, 0.25) is 0 Å². The monoisotopic (exact) mass is 155 g/mol. The summed E-state index contributed by atoms with van der Waals surface area (Å²) in [4.78, 5) is 2.57. The lowest BCUT2D eigenvalue weighted by Gasteiger charge is -2.51. The Kier molecular flexibility index (Phi) is 1.69. The molecular formula is C9H19N2+. The highest BCUT2D eigenvalue weighted by atomic mass is 15.6. The maximum atomic E-state index is 2.57. The molecule has 0 aliphatic carbocycles. The summed E-state index contributed by atoms with van der Waals surface area (Å²) in [5, 5.41) is 0. The Morgan fingerprint density at radius 2 is 1.64 bits per heavy atom. The Morgan fingerprint density at radius 3 is 2.09 bits per heavy atom. The molecule has 2 aliphatic heterocycles. The molecule has 0 amide bonds. The zero-order chi connectivity index (χ0) is 7.90. The molecule has 0 unspecified atom stereocenters. The molecule has 2 rings (SSSR count). The van der Waals surface area contributed by atoms with Crippen molar-refractivity contribution in [3.63, 3.8) is 0 Å². The average Bonchev–Trinajstić information content (AvgIpc) is 2.29. The number of rotatable bonds is 1. The molecule has 0 aromatic heterocycles. The molecule has 2 aliphatic rings. The highest BCUT2D eigenvalue weighted by Gasteiger charge is 2.44. The molecule has 11 heavy (non-hydrogen) atoms. The van der Waals surface area contributed by atoms with E-state index in [1.807, 2.05) is 0 Å². The van der Waals surface area contributed by atoms with Gasteiger partial charge in [-0.05, 0) is 13.8 Å². The zero-order valence-electron chi connectivity index (χ0n) is 7.71. The van der Waals surface area contributed by atoms with Gasteiger partial charge in [-0.2, -0.15) is 0 Å². The van der Waals surface area contributed by atoms with Gasteiger partial charge >= 0.3 is 0 Å². The van der Waals surface area contributed by atoms with Gasteiger partial charge in [0.15, 0.2) is 0 Å². The molecule has 2 heterocycles. The van der Waals surface area contributed by atoms with Crippen molar-refractivity contribution in [2.75, 3.05) is 26.4 Å². The molecule has 2 nitrogen and oxygen atoms in total. The Bertz CT molecular complexity index is 140. The summed E-state index contributed by atoms with van der Waals surface area (Å²) in [7, 11) is 0. The highest BCUT2D eigenvalue weighted by molar-refractivity contribution is 4.67. The van der Waals surface area contributed by atoms with E-state index in [0.29, 0.717) is 0 Å². The molecule has 2 fully saturated rings. The molecule has 0 bridgehead atoms. The normalized spacial score (nSPS) is 29.7. The van der Waals surface area contributed by atoms with Crippen molar-refractivity contribution in [3.8, 4) is 0 Å². The van der Waals surface area contributed by atoms with Crippen LogP contribution >= 0.6 is 0 Å². The standard InChI is InChI=1S/C9H19N2/c1-9(2)10-7-11(8-10)5-3-4-6-11/h9H,3-8H2,1-2H3/q+1. The predicted molar refractivity (Wildman–Crippen MR) is 45.9 cm³/mol. The fourth-order valence-electron chi connectivity index (χ4n) is 2.34. The molecule has 64 valence electrons. The number of nitrogens with zero attached hydrogens (tertiary/aromatic N) is 2. The lowest BCUT2D eigenvalue weighted by Crippen LogP contribution is -2.69. The number of quaternary nitrogens is 1. The van der Waals surface area contributed by atoms with Crippen LogP contribution in [0.15, 0.2) is 0 Å². The Balaban J connectivity index is 1.86. The molecule has 0 N–H and O–H groups in total. The van der Waals surface area contributed by atoms with E-state index in [4.69, 9.17) is 0 Å². The van der Waals surface area contributed by atoms with Gasteiger partial charge in [-0.15, -0.1) is 0 Å². The molecule has 0 aromatic carbocycles. The minimum atomic E-state index is 0.763. The second-order valence-corrected chi connectivity index (χ2v) is 4.46. The van der Waals surface area contributed by atoms with Gasteiger partial charge < -0.3 is 0 Å². The van der Waals surface area contributed by atoms with Crippen molar-refractivity contribution in [3.05, 3.63) is 0 Å². The molecule has 2 heteroatoms. The summed E-state index contributed by atoms with van der Waals surface area (Å²) >= 11 is 0. The zero-order valence-corrected chi connectivity index (χ0v) is 7.71. The lowest BCUT2D eigenvalue weighted by molar-refractivity contribution is -0.987. The SMILES string of the molecule is CC(C)N1C[N+]2(CCCC2)C1. The van der Waals surface area contributed by atoms with E-state index in [-0.39, 0.29) is 0 Å². The van der Waals surface area contributed by atoms with Crippen LogP contribution in [0.5, 0.6) is 0 Å². The van der Waals surface area contributed by atoms with E-state index in [1.54, 1.807) is 0 Å².